The maximum atomic E-state index is 11.9. The minimum atomic E-state index is 0. The van der Waals surface area contributed by atoms with Crippen LogP contribution in [0.25, 0.3) is 0 Å². The molecule has 7 heteroatoms. The summed E-state index contributed by atoms with van der Waals surface area (Å²) in [7, 11) is 0. The van der Waals surface area contributed by atoms with Crippen molar-refractivity contribution in [3.8, 4) is 0 Å². The summed E-state index contributed by atoms with van der Waals surface area (Å²) >= 11 is 1.66. The molecule has 19 heavy (non-hydrogen) atoms. The topological polar surface area (TPSA) is 54.0 Å². The highest BCUT2D eigenvalue weighted by Gasteiger charge is 2.20. The molecule has 1 saturated heterocycles. The van der Waals surface area contributed by atoms with Gasteiger partial charge in [-0.2, -0.15) is 0 Å². The van der Waals surface area contributed by atoms with Gasteiger partial charge < -0.3 is 10.6 Å². The summed E-state index contributed by atoms with van der Waals surface area (Å²) in [5.41, 5.74) is 1.04. The van der Waals surface area contributed by atoms with E-state index in [9.17, 15) is 4.79 Å². The highest BCUT2D eigenvalue weighted by atomic mass is 35.5. The molecule has 1 aliphatic heterocycles. The van der Waals surface area contributed by atoms with E-state index in [2.05, 4.69) is 15.6 Å². The zero-order valence-electron chi connectivity index (χ0n) is 11.2. The molecule has 2 N–H and O–H groups in total. The van der Waals surface area contributed by atoms with Crippen LogP contribution in [0.3, 0.4) is 0 Å². The lowest BCUT2D eigenvalue weighted by atomic mass is 9.99. The second-order valence-electron chi connectivity index (χ2n) is 4.50. The number of carbonyl (C=O) groups is 1. The predicted molar refractivity (Wildman–Crippen MR) is 83.5 cm³/mol. The first kappa shape index (κ1) is 18.6. The molecule has 1 aliphatic rings. The lowest BCUT2D eigenvalue weighted by Crippen LogP contribution is -2.40. The van der Waals surface area contributed by atoms with Crippen LogP contribution in [-0.2, 0) is 11.3 Å². The van der Waals surface area contributed by atoms with Crippen molar-refractivity contribution < 1.29 is 4.79 Å². The number of hydrogen-bond acceptors (Lipinski definition) is 4. The average molecular weight is 326 g/mol. The summed E-state index contributed by atoms with van der Waals surface area (Å²) in [5, 5.41) is 7.33. The number of piperidine rings is 1. The van der Waals surface area contributed by atoms with Gasteiger partial charge >= 0.3 is 0 Å². The number of aromatic nitrogens is 1. The molecule has 0 saturated carbocycles. The molecule has 0 aromatic carbocycles. The molecule has 1 aromatic heterocycles. The van der Waals surface area contributed by atoms with Gasteiger partial charge in [-0.15, -0.1) is 36.2 Å². The van der Waals surface area contributed by atoms with Crippen molar-refractivity contribution in [2.24, 2.45) is 5.92 Å². The molecular weight excluding hydrogens is 305 g/mol. The Hall–Kier alpha value is -0.360. The van der Waals surface area contributed by atoms with Gasteiger partial charge in [0.1, 0.15) is 0 Å². The number of rotatable bonds is 3. The molecule has 0 spiro atoms. The van der Waals surface area contributed by atoms with E-state index in [0.29, 0.717) is 6.54 Å². The molecule has 0 aliphatic carbocycles. The lowest BCUT2D eigenvalue weighted by Gasteiger charge is -2.21. The average Bonchev–Trinajstić information content (AvgIpc) is 2.66. The van der Waals surface area contributed by atoms with E-state index >= 15 is 0 Å². The van der Waals surface area contributed by atoms with Gasteiger partial charge in [0, 0.05) is 11.4 Å². The fourth-order valence-electron chi connectivity index (χ4n) is 2.12. The first-order chi connectivity index (χ1) is 8.16. The number of aryl methyl sites for hydroxylation is 2. The van der Waals surface area contributed by atoms with E-state index in [0.717, 1.165) is 36.6 Å². The van der Waals surface area contributed by atoms with Crippen LogP contribution in [0.2, 0.25) is 0 Å². The Bertz CT molecular complexity index is 406. The van der Waals surface area contributed by atoms with Gasteiger partial charge in [-0.05, 0) is 33.2 Å². The summed E-state index contributed by atoms with van der Waals surface area (Å²) in [6.07, 6.45) is 2.09. The van der Waals surface area contributed by atoms with Crippen LogP contribution in [-0.4, -0.2) is 24.0 Å². The van der Waals surface area contributed by atoms with Gasteiger partial charge in [0.2, 0.25) is 5.91 Å². The molecule has 1 fully saturated rings. The van der Waals surface area contributed by atoms with Crippen molar-refractivity contribution in [2.45, 2.75) is 33.2 Å². The minimum Gasteiger partial charge on any atom is -0.351 e. The SMILES string of the molecule is Cc1nc(C)c(CNC(=O)[C@@H]2CCCNC2)s1.Cl.Cl. The Morgan fingerprint density at radius 2 is 2.21 bits per heavy atom. The van der Waals surface area contributed by atoms with Crippen LogP contribution in [0.1, 0.15) is 28.4 Å². The Balaban J connectivity index is 0.00000162. The number of thiazole rings is 1. The molecule has 0 radical (unpaired) electrons. The van der Waals surface area contributed by atoms with Crippen molar-refractivity contribution in [1.82, 2.24) is 15.6 Å². The second-order valence-corrected chi connectivity index (χ2v) is 5.79. The molecule has 1 amide bonds. The van der Waals surface area contributed by atoms with Crippen molar-refractivity contribution in [2.75, 3.05) is 13.1 Å². The van der Waals surface area contributed by atoms with Crippen LogP contribution >= 0.6 is 36.2 Å². The summed E-state index contributed by atoms with van der Waals surface area (Å²) < 4.78 is 0. The standard InChI is InChI=1S/C12H19N3OS.2ClH/c1-8-11(17-9(2)15-8)7-14-12(16)10-4-3-5-13-6-10;;/h10,13H,3-7H2,1-2H3,(H,14,16);2*1H/t10-;;/m1../s1. The van der Waals surface area contributed by atoms with E-state index in [1.165, 1.54) is 4.88 Å². The highest BCUT2D eigenvalue weighted by molar-refractivity contribution is 7.11. The van der Waals surface area contributed by atoms with Gasteiger partial charge in [-0.25, -0.2) is 4.98 Å². The smallest absolute Gasteiger partial charge is 0.224 e. The third kappa shape index (κ3) is 5.26. The number of amides is 1. The normalized spacial score (nSPS) is 18.1. The first-order valence-electron chi connectivity index (χ1n) is 6.08. The minimum absolute atomic E-state index is 0. The third-order valence-corrected chi connectivity index (χ3v) is 4.16. The molecule has 0 unspecified atom stereocenters. The Morgan fingerprint density at radius 1 is 1.47 bits per heavy atom. The first-order valence-corrected chi connectivity index (χ1v) is 6.90. The summed E-state index contributed by atoms with van der Waals surface area (Å²) in [6.45, 7) is 6.46. The van der Waals surface area contributed by atoms with Gasteiger partial charge in [0.25, 0.3) is 0 Å². The molecule has 2 rings (SSSR count). The van der Waals surface area contributed by atoms with E-state index in [1.54, 1.807) is 11.3 Å². The largest absolute Gasteiger partial charge is 0.351 e. The zero-order chi connectivity index (χ0) is 12.3. The maximum absolute atomic E-state index is 11.9. The fourth-order valence-corrected chi connectivity index (χ4v) is 3.00. The van der Waals surface area contributed by atoms with Crippen LogP contribution in [0, 0.1) is 19.8 Å². The van der Waals surface area contributed by atoms with Crippen LogP contribution in [0.5, 0.6) is 0 Å². The third-order valence-electron chi connectivity index (χ3n) is 3.09. The second kappa shape index (κ2) is 8.74. The number of hydrogen-bond donors (Lipinski definition) is 2. The molecule has 1 aromatic rings. The van der Waals surface area contributed by atoms with E-state index in [4.69, 9.17) is 0 Å². The van der Waals surface area contributed by atoms with Crippen molar-refractivity contribution >= 4 is 42.1 Å². The van der Waals surface area contributed by atoms with E-state index in [1.807, 2.05) is 13.8 Å². The molecule has 1 atom stereocenters. The van der Waals surface area contributed by atoms with Gasteiger partial charge in [0.15, 0.2) is 0 Å². The van der Waals surface area contributed by atoms with Crippen molar-refractivity contribution in [1.29, 1.82) is 0 Å². The zero-order valence-corrected chi connectivity index (χ0v) is 13.6. The number of halogens is 2. The fraction of sp³-hybridized carbons (Fsp3) is 0.667. The van der Waals surface area contributed by atoms with E-state index < -0.39 is 0 Å². The van der Waals surface area contributed by atoms with Crippen molar-refractivity contribution in [3.05, 3.63) is 15.6 Å². The monoisotopic (exact) mass is 325 g/mol. The highest BCUT2D eigenvalue weighted by Crippen LogP contribution is 2.17. The Kier molecular flexibility index (Phi) is 8.57. The molecule has 4 nitrogen and oxygen atoms in total. The lowest BCUT2D eigenvalue weighted by molar-refractivity contribution is -0.125. The summed E-state index contributed by atoms with van der Waals surface area (Å²) in [4.78, 5) is 17.4. The number of nitrogens with one attached hydrogen (secondary N) is 2. The van der Waals surface area contributed by atoms with Gasteiger partial charge in [-0.3, -0.25) is 4.79 Å². The van der Waals surface area contributed by atoms with Gasteiger partial charge in [-0.1, -0.05) is 0 Å². The number of carbonyl (C=O) groups excluding carboxylic acids is 1. The van der Waals surface area contributed by atoms with Gasteiger partial charge in [0.05, 0.1) is 23.2 Å². The Labute approximate surface area is 130 Å². The molecule has 110 valence electrons. The predicted octanol–water partition coefficient (Wildman–Crippen LogP) is 2.22. The number of nitrogens with zero attached hydrogens (tertiary/aromatic N) is 1. The Morgan fingerprint density at radius 3 is 2.74 bits per heavy atom. The van der Waals surface area contributed by atoms with Crippen LogP contribution in [0.4, 0.5) is 0 Å². The maximum Gasteiger partial charge on any atom is 0.224 e. The summed E-state index contributed by atoms with van der Waals surface area (Å²) in [5.74, 6) is 0.306. The summed E-state index contributed by atoms with van der Waals surface area (Å²) in [6, 6.07) is 0. The quantitative estimate of drug-likeness (QED) is 0.895. The molecule has 2 heterocycles. The molecular formula is C12H21Cl2N3OS. The van der Waals surface area contributed by atoms with Crippen LogP contribution < -0.4 is 10.6 Å². The van der Waals surface area contributed by atoms with E-state index in [-0.39, 0.29) is 36.6 Å². The van der Waals surface area contributed by atoms with Crippen molar-refractivity contribution in [3.63, 3.8) is 0 Å². The molecule has 0 bridgehead atoms. The van der Waals surface area contributed by atoms with Crippen LogP contribution in [0.15, 0.2) is 0 Å².